The van der Waals surface area contributed by atoms with Gasteiger partial charge in [0.05, 0.1) is 5.69 Å². The molecule has 8 nitrogen and oxygen atoms in total. The van der Waals surface area contributed by atoms with Crippen molar-refractivity contribution in [3.05, 3.63) is 76.5 Å². The van der Waals surface area contributed by atoms with Gasteiger partial charge in [-0.05, 0) is 25.8 Å². The molecule has 0 aliphatic rings. The van der Waals surface area contributed by atoms with Crippen LogP contribution in [0.5, 0.6) is 0 Å². The number of amides is 1. The molecule has 8 heteroatoms. The zero-order valence-corrected chi connectivity index (χ0v) is 16.1. The molecule has 146 valence electrons. The Balaban J connectivity index is 1.58. The second-order valence-electron chi connectivity index (χ2n) is 6.74. The lowest BCUT2D eigenvalue weighted by atomic mass is 10.1. The monoisotopic (exact) mass is 380 g/mol. The third kappa shape index (κ3) is 5.12. The van der Waals surface area contributed by atoms with Crippen LogP contribution in [0.2, 0.25) is 0 Å². The zero-order chi connectivity index (χ0) is 19.9. The second kappa shape index (κ2) is 9.07. The molecule has 0 aliphatic carbocycles. The maximum atomic E-state index is 12.6. The molecule has 0 radical (unpaired) electrons. The standard InChI is InChI=1S/C20H24N6O2/c1-15(12-18-13-21-9-10-22-18)23-19(27)14-26-20(28)25(16(2)24-26)11-8-17-6-4-3-5-7-17/h3-7,9-10,13,15H,8,11-12,14H2,1-2H3,(H,23,27)/t15-/m1/s1. The van der Waals surface area contributed by atoms with Crippen molar-refractivity contribution >= 4 is 5.91 Å². The number of hydrogen-bond acceptors (Lipinski definition) is 5. The summed E-state index contributed by atoms with van der Waals surface area (Å²) in [5.74, 6) is 0.340. The lowest BCUT2D eigenvalue weighted by Crippen LogP contribution is -2.39. The van der Waals surface area contributed by atoms with E-state index in [4.69, 9.17) is 0 Å². The fourth-order valence-electron chi connectivity index (χ4n) is 3.05. The van der Waals surface area contributed by atoms with Gasteiger partial charge in [-0.2, -0.15) is 5.10 Å². The summed E-state index contributed by atoms with van der Waals surface area (Å²) in [6, 6.07) is 9.83. The maximum Gasteiger partial charge on any atom is 0.346 e. The van der Waals surface area contributed by atoms with Gasteiger partial charge in [0.2, 0.25) is 5.91 Å². The number of benzene rings is 1. The zero-order valence-electron chi connectivity index (χ0n) is 16.1. The van der Waals surface area contributed by atoms with Crippen molar-refractivity contribution in [2.75, 3.05) is 0 Å². The first-order chi connectivity index (χ1) is 13.5. The molecule has 0 spiro atoms. The number of carbonyl (C=O) groups excluding carboxylic acids is 1. The number of hydrogen-bond donors (Lipinski definition) is 1. The van der Waals surface area contributed by atoms with E-state index in [9.17, 15) is 9.59 Å². The normalized spacial score (nSPS) is 11.9. The van der Waals surface area contributed by atoms with Crippen LogP contribution in [0.1, 0.15) is 24.0 Å². The van der Waals surface area contributed by atoms with E-state index < -0.39 is 0 Å². The minimum absolute atomic E-state index is 0.108. The predicted octanol–water partition coefficient (Wildman–Crippen LogP) is 1.13. The van der Waals surface area contributed by atoms with E-state index in [1.54, 1.807) is 30.1 Å². The van der Waals surface area contributed by atoms with Crippen molar-refractivity contribution < 1.29 is 4.79 Å². The van der Waals surface area contributed by atoms with Gasteiger partial charge in [0, 0.05) is 37.6 Å². The number of nitrogens with one attached hydrogen (secondary N) is 1. The van der Waals surface area contributed by atoms with Gasteiger partial charge >= 0.3 is 5.69 Å². The SMILES string of the molecule is Cc1nn(CC(=O)N[C@H](C)Cc2cnccn2)c(=O)n1CCc1ccccc1. The minimum atomic E-state index is -0.273. The smallest absolute Gasteiger partial charge is 0.346 e. The molecule has 1 atom stereocenters. The van der Waals surface area contributed by atoms with Crippen LogP contribution in [0.4, 0.5) is 0 Å². The average molecular weight is 380 g/mol. The van der Waals surface area contributed by atoms with Crippen LogP contribution in [0, 0.1) is 6.92 Å². The third-order valence-corrected chi connectivity index (χ3v) is 4.41. The molecular formula is C20H24N6O2. The molecule has 0 saturated carbocycles. The van der Waals surface area contributed by atoms with Crippen molar-refractivity contribution in [2.24, 2.45) is 0 Å². The number of nitrogens with zero attached hydrogens (tertiary/aromatic N) is 5. The van der Waals surface area contributed by atoms with E-state index in [0.717, 1.165) is 17.7 Å². The van der Waals surface area contributed by atoms with Crippen molar-refractivity contribution in [3.63, 3.8) is 0 Å². The van der Waals surface area contributed by atoms with Gasteiger partial charge in [-0.1, -0.05) is 30.3 Å². The number of carbonyl (C=O) groups is 1. The summed E-state index contributed by atoms with van der Waals surface area (Å²) in [6.07, 6.45) is 6.20. The highest BCUT2D eigenvalue weighted by atomic mass is 16.2. The Labute approximate surface area is 163 Å². The Morgan fingerprint density at radius 1 is 1.21 bits per heavy atom. The number of aromatic nitrogens is 5. The first kappa shape index (κ1) is 19.5. The first-order valence-corrected chi connectivity index (χ1v) is 9.25. The van der Waals surface area contributed by atoms with Gasteiger partial charge in [0.25, 0.3) is 0 Å². The number of rotatable bonds is 8. The molecule has 1 aromatic carbocycles. The van der Waals surface area contributed by atoms with Gasteiger partial charge in [-0.3, -0.25) is 19.3 Å². The number of aryl methyl sites for hydroxylation is 2. The molecule has 0 saturated heterocycles. The summed E-state index contributed by atoms with van der Waals surface area (Å²) in [6.45, 7) is 4.08. The highest BCUT2D eigenvalue weighted by Crippen LogP contribution is 2.02. The molecule has 0 bridgehead atoms. The maximum absolute atomic E-state index is 12.6. The molecule has 28 heavy (non-hydrogen) atoms. The fourth-order valence-corrected chi connectivity index (χ4v) is 3.05. The van der Waals surface area contributed by atoms with E-state index in [-0.39, 0.29) is 24.2 Å². The summed E-state index contributed by atoms with van der Waals surface area (Å²) in [7, 11) is 0. The summed E-state index contributed by atoms with van der Waals surface area (Å²) >= 11 is 0. The highest BCUT2D eigenvalue weighted by molar-refractivity contribution is 5.75. The summed E-state index contributed by atoms with van der Waals surface area (Å²) in [5.41, 5.74) is 1.68. The van der Waals surface area contributed by atoms with E-state index >= 15 is 0 Å². The van der Waals surface area contributed by atoms with Crippen LogP contribution >= 0.6 is 0 Å². The Bertz CT molecular complexity index is 965. The quantitative estimate of drug-likeness (QED) is 0.632. The first-order valence-electron chi connectivity index (χ1n) is 9.25. The summed E-state index contributed by atoms with van der Waals surface area (Å²) in [5, 5.41) is 7.11. The molecule has 3 rings (SSSR count). The van der Waals surface area contributed by atoms with E-state index in [1.165, 1.54) is 4.68 Å². The van der Waals surface area contributed by atoms with Gasteiger partial charge in [-0.25, -0.2) is 9.48 Å². The minimum Gasteiger partial charge on any atom is -0.352 e. The Morgan fingerprint density at radius 2 is 2.00 bits per heavy atom. The molecule has 0 unspecified atom stereocenters. The summed E-state index contributed by atoms with van der Waals surface area (Å²) in [4.78, 5) is 33.1. The largest absolute Gasteiger partial charge is 0.352 e. The molecule has 0 fully saturated rings. The van der Waals surface area contributed by atoms with Crippen LogP contribution < -0.4 is 11.0 Å². The molecule has 2 heterocycles. The van der Waals surface area contributed by atoms with Gasteiger partial charge < -0.3 is 5.32 Å². The second-order valence-corrected chi connectivity index (χ2v) is 6.74. The van der Waals surface area contributed by atoms with Crippen LogP contribution in [0.15, 0.2) is 53.7 Å². The van der Waals surface area contributed by atoms with E-state index in [2.05, 4.69) is 20.4 Å². The van der Waals surface area contributed by atoms with Crippen LogP contribution in [-0.4, -0.2) is 36.3 Å². The topological polar surface area (TPSA) is 94.7 Å². The molecular weight excluding hydrogens is 356 g/mol. The van der Waals surface area contributed by atoms with Crippen molar-refractivity contribution in [3.8, 4) is 0 Å². The van der Waals surface area contributed by atoms with Crippen molar-refractivity contribution in [1.82, 2.24) is 29.6 Å². The average Bonchev–Trinajstić information content (AvgIpc) is 2.94. The fraction of sp³-hybridized carbons (Fsp3) is 0.350. The van der Waals surface area contributed by atoms with E-state index in [0.29, 0.717) is 18.8 Å². The van der Waals surface area contributed by atoms with Gasteiger partial charge in [0.1, 0.15) is 12.4 Å². The molecule has 1 N–H and O–H groups in total. The van der Waals surface area contributed by atoms with E-state index in [1.807, 2.05) is 37.3 Å². The lowest BCUT2D eigenvalue weighted by Gasteiger charge is -2.12. The summed E-state index contributed by atoms with van der Waals surface area (Å²) < 4.78 is 2.81. The van der Waals surface area contributed by atoms with Crippen molar-refractivity contribution in [2.45, 2.75) is 45.8 Å². The lowest BCUT2D eigenvalue weighted by molar-refractivity contribution is -0.122. The Morgan fingerprint density at radius 3 is 2.71 bits per heavy atom. The highest BCUT2D eigenvalue weighted by Gasteiger charge is 2.15. The molecule has 1 amide bonds. The van der Waals surface area contributed by atoms with Crippen LogP contribution in [0.25, 0.3) is 0 Å². The van der Waals surface area contributed by atoms with Gasteiger partial charge in [0.15, 0.2) is 0 Å². The third-order valence-electron chi connectivity index (χ3n) is 4.41. The molecule has 3 aromatic rings. The van der Waals surface area contributed by atoms with Crippen molar-refractivity contribution in [1.29, 1.82) is 0 Å². The Hall–Kier alpha value is -3.29. The molecule has 0 aliphatic heterocycles. The van der Waals surface area contributed by atoms with Crippen LogP contribution in [0.3, 0.4) is 0 Å². The predicted molar refractivity (Wildman–Crippen MR) is 105 cm³/mol. The van der Waals surface area contributed by atoms with Gasteiger partial charge in [-0.15, -0.1) is 0 Å². The molecule has 2 aromatic heterocycles. The van der Waals surface area contributed by atoms with Crippen LogP contribution in [-0.2, 0) is 30.7 Å². The Kier molecular flexibility index (Phi) is 6.31.